The van der Waals surface area contributed by atoms with Gasteiger partial charge in [0.2, 0.25) is 11.8 Å². The van der Waals surface area contributed by atoms with E-state index in [2.05, 4.69) is 16.0 Å². The first-order chi connectivity index (χ1) is 7.38. The summed E-state index contributed by atoms with van der Waals surface area (Å²) in [6.45, 7) is 6.66. The van der Waals surface area contributed by atoms with Crippen molar-refractivity contribution in [1.82, 2.24) is 16.0 Å². The molecule has 0 aromatic carbocycles. The molecule has 1 heterocycles. The molecule has 0 aliphatic carbocycles. The van der Waals surface area contributed by atoms with Crippen LogP contribution in [0.5, 0.6) is 0 Å². The highest BCUT2D eigenvalue weighted by molar-refractivity contribution is 5.87. The van der Waals surface area contributed by atoms with Crippen LogP contribution in [0.25, 0.3) is 0 Å². The fourth-order valence-corrected chi connectivity index (χ4v) is 1.66. The summed E-state index contributed by atoms with van der Waals surface area (Å²) in [6.07, 6.45) is 1.87. The Labute approximate surface area is 96.4 Å². The zero-order chi connectivity index (χ0) is 12.2. The average Bonchev–Trinajstić information content (AvgIpc) is 2.64. The van der Waals surface area contributed by atoms with Crippen molar-refractivity contribution in [2.45, 2.75) is 45.2 Å². The predicted octanol–water partition coefficient (Wildman–Crippen LogP) is -0.231. The summed E-state index contributed by atoms with van der Waals surface area (Å²) in [4.78, 5) is 23.0. The van der Waals surface area contributed by atoms with Crippen LogP contribution in [-0.2, 0) is 9.59 Å². The van der Waals surface area contributed by atoms with E-state index in [1.54, 1.807) is 0 Å². The Morgan fingerprint density at radius 2 is 2.06 bits per heavy atom. The van der Waals surface area contributed by atoms with Gasteiger partial charge in [0.25, 0.3) is 0 Å². The summed E-state index contributed by atoms with van der Waals surface area (Å²) in [5.41, 5.74) is -0.257. The van der Waals surface area contributed by atoms with E-state index in [1.165, 1.54) is 0 Å². The molecule has 5 nitrogen and oxygen atoms in total. The number of rotatable bonds is 3. The van der Waals surface area contributed by atoms with Gasteiger partial charge < -0.3 is 16.0 Å². The van der Waals surface area contributed by atoms with Crippen LogP contribution in [0.1, 0.15) is 33.6 Å². The van der Waals surface area contributed by atoms with Crippen LogP contribution in [0.4, 0.5) is 0 Å². The van der Waals surface area contributed by atoms with Gasteiger partial charge in [-0.25, -0.2) is 0 Å². The van der Waals surface area contributed by atoms with E-state index < -0.39 is 0 Å². The Bertz CT molecular complexity index is 265. The third-order valence-corrected chi connectivity index (χ3v) is 2.31. The molecule has 3 N–H and O–H groups in total. The predicted molar refractivity (Wildman–Crippen MR) is 61.9 cm³/mol. The Balaban J connectivity index is 2.23. The summed E-state index contributed by atoms with van der Waals surface area (Å²) >= 11 is 0. The molecule has 5 heteroatoms. The topological polar surface area (TPSA) is 70.2 Å². The molecule has 0 bridgehead atoms. The third kappa shape index (κ3) is 4.61. The summed E-state index contributed by atoms with van der Waals surface area (Å²) in [5.74, 6) is -0.236. The first kappa shape index (κ1) is 13.0. The van der Waals surface area contributed by atoms with Crippen molar-refractivity contribution in [3.63, 3.8) is 0 Å². The lowest BCUT2D eigenvalue weighted by Gasteiger charge is -2.20. The standard InChI is InChI=1S/C11H21N3O2/c1-11(2,3)14-9(15)7-13-10(16)8-5-4-6-12-8/h8,12H,4-7H2,1-3H3,(H,13,16)(H,14,15)/t8-/m0/s1. The van der Waals surface area contributed by atoms with Gasteiger partial charge in [0.05, 0.1) is 12.6 Å². The fraction of sp³-hybridized carbons (Fsp3) is 0.818. The van der Waals surface area contributed by atoms with Gasteiger partial charge in [0.1, 0.15) is 0 Å². The minimum absolute atomic E-state index is 0.0499. The second-order valence-electron chi connectivity index (χ2n) is 5.16. The molecule has 1 aliphatic heterocycles. The van der Waals surface area contributed by atoms with Crippen molar-refractivity contribution < 1.29 is 9.59 Å². The van der Waals surface area contributed by atoms with E-state index in [0.717, 1.165) is 19.4 Å². The largest absolute Gasteiger partial charge is 0.350 e. The van der Waals surface area contributed by atoms with Gasteiger partial charge in [-0.1, -0.05) is 0 Å². The summed E-state index contributed by atoms with van der Waals surface area (Å²) < 4.78 is 0. The van der Waals surface area contributed by atoms with Crippen molar-refractivity contribution >= 4 is 11.8 Å². The Hall–Kier alpha value is -1.10. The van der Waals surface area contributed by atoms with Crippen molar-refractivity contribution in [2.75, 3.05) is 13.1 Å². The highest BCUT2D eigenvalue weighted by Gasteiger charge is 2.22. The Kier molecular flexibility index (Phi) is 4.29. The molecular weight excluding hydrogens is 206 g/mol. The number of nitrogens with one attached hydrogen (secondary N) is 3. The van der Waals surface area contributed by atoms with Crippen LogP contribution in [0.2, 0.25) is 0 Å². The van der Waals surface area contributed by atoms with E-state index >= 15 is 0 Å². The monoisotopic (exact) mass is 227 g/mol. The zero-order valence-corrected chi connectivity index (χ0v) is 10.2. The van der Waals surface area contributed by atoms with Crippen LogP contribution >= 0.6 is 0 Å². The zero-order valence-electron chi connectivity index (χ0n) is 10.2. The molecule has 0 aromatic heterocycles. The Morgan fingerprint density at radius 3 is 2.56 bits per heavy atom. The summed E-state index contributed by atoms with van der Waals surface area (Å²) in [6, 6.07) is -0.123. The van der Waals surface area contributed by atoms with Crippen molar-refractivity contribution in [3.8, 4) is 0 Å². The number of hydrogen-bond donors (Lipinski definition) is 3. The molecule has 0 aromatic rings. The normalized spacial score (nSPS) is 20.6. The minimum Gasteiger partial charge on any atom is -0.350 e. The first-order valence-corrected chi connectivity index (χ1v) is 5.70. The van der Waals surface area contributed by atoms with Crippen molar-refractivity contribution in [1.29, 1.82) is 0 Å². The van der Waals surface area contributed by atoms with Gasteiger partial charge in [0, 0.05) is 5.54 Å². The summed E-state index contributed by atoms with van der Waals surface area (Å²) in [5, 5.41) is 8.51. The molecule has 16 heavy (non-hydrogen) atoms. The van der Waals surface area contributed by atoms with Gasteiger partial charge in [-0.15, -0.1) is 0 Å². The molecule has 1 fully saturated rings. The van der Waals surface area contributed by atoms with E-state index in [-0.39, 0.29) is 29.9 Å². The number of carbonyl (C=O) groups is 2. The molecule has 2 amide bonds. The first-order valence-electron chi connectivity index (χ1n) is 5.70. The third-order valence-electron chi connectivity index (χ3n) is 2.31. The van der Waals surface area contributed by atoms with Crippen LogP contribution in [0, 0.1) is 0 Å². The van der Waals surface area contributed by atoms with E-state index in [9.17, 15) is 9.59 Å². The second-order valence-corrected chi connectivity index (χ2v) is 5.16. The SMILES string of the molecule is CC(C)(C)NC(=O)CNC(=O)[C@@H]1CCCN1. The van der Waals surface area contributed by atoms with Crippen molar-refractivity contribution in [2.24, 2.45) is 0 Å². The lowest BCUT2D eigenvalue weighted by atomic mass is 10.1. The molecular formula is C11H21N3O2. The molecule has 0 saturated carbocycles. The summed E-state index contributed by atoms with van der Waals surface area (Å²) in [7, 11) is 0. The van der Waals surface area contributed by atoms with E-state index in [1.807, 2.05) is 20.8 Å². The number of amides is 2. The molecule has 0 radical (unpaired) electrons. The van der Waals surface area contributed by atoms with Crippen LogP contribution in [0.15, 0.2) is 0 Å². The lowest BCUT2D eigenvalue weighted by molar-refractivity contribution is -0.127. The van der Waals surface area contributed by atoms with Crippen LogP contribution < -0.4 is 16.0 Å². The molecule has 0 spiro atoms. The molecule has 1 saturated heterocycles. The molecule has 1 atom stereocenters. The molecule has 92 valence electrons. The number of hydrogen-bond acceptors (Lipinski definition) is 3. The Morgan fingerprint density at radius 1 is 1.38 bits per heavy atom. The smallest absolute Gasteiger partial charge is 0.239 e. The van der Waals surface area contributed by atoms with Gasteiger partial charge in [-0.2, -0.15) is 0 Å². The maximum atomic E-state index is 11.6. The van der Waals surface area contributed by atoms with E-state index in [0.29, 0.717) is 0 Å². The van der Waals surface area contributed by atoms with Gasteiger partial charge in [-0.05, 0) is 40.2 Å². The molecule has 1 aliphatic rings. The van der Waals surface area contributed by atoms with Crippen LogP contribution in [-0.4, -0.2) is 36.5 Å². The van der Waals surface area contributed by atoms with Gasteiger partial charge >= 0.3 is 0 Å². The highest BCUT2D eigenvalue weighted by Crippen LogP contribution is 2.04. The maximum Gasteiger partial charge on any atom is 0.239 e. The van der Waals surface area contributed by atoms with E-state index in [4.69, 9.17) is 0 Å². The van der Waals surface area contributed by atoms with Gasteiger partial charge in [0.15, 0.2) is 0 Å². The maximum absolute atomic E-state index is 11.6. The van der Waals surface area contributed by atoms with Gasteiger partial charge in [-0.3, -0.25) is 9.59 Å². The number of carbonyl (C=O) groups excluding carboxylic acids is 2. The lowest BCUT2D eigenvalue weighted by Crippen LogP contribution is -2.48. The molecule has 0 unspecified atom stereocenters. The second kappa shape index (κ2) is 5.30. The highest BCUT2D eigenvalue weighted by atomic mass is 16.2. The fourth-order valence-electron chi connectivity index (χ4n) is 1.66. The minimum atomic E-state index is -0.257. The molecule has 1 rings (SSSR count). The quantitative estimate of drug-likeness (QED) is 0.624. The van der Waals surface area contributed by atoms with Crippen LogP contribution in [0.3, 0.4) is 0 Å². The van der Waals surface area contributed by atoms with Crippen molar-refractivity contribution in [3.05, 3.63) is 0 Å². The average molecular weight is 227 g/mol.